The molecule has 96 valence electrons. The number of nitro benzene ring substituents is 1. The Morgan fingerprint density at radius 3 is 2.67 bits per heavy atom. The minimum Gasteiger partial charge on any atom is -0.467 e. The number of hydrogen-bond acceptors (Lipinski definition) is 5. The number of rotatable bonds is 4. The number of halogens is 1. The van der Waals surface area contributed by atoms with E-state index in [1.54, 1.807) is 6.07 Å². The molecule has 7 heteroatoms. The van der Waals surface area contributed by atoms with Crippen molar-refractivity contribution < 1.29 is 19.2 Å². The van der Waals surface area contributed by atoms with Crippen LogP contribution in [0.25, 0.3) is 0 Å². The van der Waals surface area contributed by atoms with Crippen molar-refractivity contribution in [3.8, 4) is 5.75 Å². The van der Waals surface area contributed by atoms with E-state index < -0.39 is 16.5 Å². The molecule has 18 heavy (non-hydrogen) atoms. The monoisotopic (exact) mass is 315 g/mol. The summed E-state index contributed by atoms with van der Waals surface area (Å²) in [6.45, 7) is 0. The smallest absolute Gasteiger partial charge is 0.350 e. The molecular formula is C11H10BrNO5. The van der Waals surface area contributed by atoms with Crippen molar-refractivity contribution in [2.45, 2.75) is 18.4 Å². The molecule has 1 aliphatic rings. The summed E-state index contributed by atoms with van der Waals surface area (Å²) in [5, 5.41) is 10.9. The fourth-order valence-electron chi connectivity index (χ4n) is 1.59. The second-order valence-electron chi connectivity index (χ2n) is 3.93. The van der Waals surface area contributed by atoms with Crippen LogP contribution in [0.2, 0.25) is 0 Å². The van der Waals surface area contributed by atoms with Crippen LogP contribution in [0.15, 0.2) is 22.7 Å². The van der Waals surface area contributed by atoms with Gasteiger partial charge in [-0.15, -0.1) is 0 Å². The van der Waals surface area contributed by atoms with Crippen LogP contribution in [0.5, 0.6) is 5.75 Å². The van der Waals surface area contributed by atoms with E-state index in [0.717, 1.165) is 0 Å². The molecule has 0 N–H and O–H groups in total. The van der Waals surface area contributed by atoms with Crippen molar-refractivity contribution in [1.82, 2.24) is 0 Å². The van der Waals surface area contributed by atoms with E-state index >= 15 is 0 Å². The van der Waals surface area contributed by atoms with Gasteiger partial charge in [-0.25, -0.2) is 4.79 Å². The van der Waals surface area contributed by atoms with Gasteiger partial charge in [0.2, 0.25) is 11.4 Å². The molecule has 0 aliphatic heterocycles. The Labute approximate surface area is 111 Å². The van der Waals surface area contributed by atoms with Crippen LogP contribution in [0.1, 0.15) is 12.8 Å². The van der Waals surface area contributed by atoms with Gasteiger partial charge in [-0.1, -0.05) is 6.07 Å². The Morgan fingerprint density at radius 2 is 2.17 bits per heavy atom. The van der Waals surface area contributed by atoms with Crippen LogP contribution in [0, 0.1) is 10.1 Å². The molecule has 1 saturated carbocycles. The Hall–Kier alpha value is -1.63. The average molecular weight is 316 g/mol. The van der Waals surface area contributed by atoms with Gasteiger partial charge in [0.1, 0.15) is 0 Å². The number of nitrogens with zero attached hydrogens (tertiary/aromatic N) is 1. The zero-order chi connectivity index (χ0) is 13.3. The highest BCUT2D eigenvalue weighted by molar-refractivity contribution is 9.10. The predicted molar refractivity (Wildman–Crippen MR) is 65.4 cm³/mol. The van der Waals surface area contributed by atoms with E-state index in [4.69, 9.17) is 4.74 Å². The molecule has 0 radical (unpaired) electrons. The average Bonchev–Trinajstić information content (AvgIpc) is 3.11. The standard InChI is InChI=1S/C11H10BrNO5/c1-17-10(14)11(5-6-11)18-9-7(12)3-2-4-8(9)13(15)16/h2-4H,5-6H2,1H3. The van der Waals surface area contributed by atoms with E-state index in [1.165, 1.54) is 19.2 Å². The molecule has 1 aliphatic carbocycles. The fourth-order valence-corrected chi connectivity index (χ4v) is 2.02. The SMILES string of the molecule is COC(=O)C1(Oc2c(Br)cccc2[N+](=O)[O-])CC1. The number of nitro groups is 1. The highest BCUT2D eigenvalue weighted by Gasteiger charge is 2.55. The minimum atomic E-state index is -1.07. The van der Waals surface area contributed by atoms with Gasteiger partial charge in [-0.3, -0.25) is 10.1 Å². The van der Waals surface area contributed by atoms with Crippen molar-refractivity contribution in [3.05, 3.63) is 32.8 Å². The molecule has 0 amide bonds. The van der Waals surface area contributed by atoms with E-state index in [-0.39, 0.29) is 11.4 Å². The minimum absolute atomic E-state index is 0.0606. The second-order valence-corrected chi connectivity index (χ2v) is 4.79. The molecule has 1 aromatic carbocycles. The molecule has 0 bridgehead atoms. The summed E-state index contributed by atoms with van der Waals surface area (Å²) in [7, 11) is 1.26. The number of benzene rings is 1. The lowest BCUT2D eigenvalue weighted by atomic mass is 10.3. The second kappa shape index (κ2) is 4.56. The first-order valence-electron chi connectivity index (χ1n) is 5.20. The van der Waals surface area contributed by atoms with Gasteiger partial charge in [0.15, 0.2) is 0 Å². The third kappa shape index (κ3) is 2.17. The molecule has 6 nitrogen and oxygen atoms in total. The Morgan fingerprint density at radius 1 is 1.50 bits per heavy atom. The zero-order valence-electron chi connectivity index (χ0n) is 9.51. The highest BCUT2D eigenvalue weighted by atomic mass is 79.9. The molecule has 1 aromatic rings. The normalized spacial score (nSPS) is 15.9. The highest BCUT2D eigenvalue weighted by Crippen LogP contribution is 2.46. The molecule has 2 rings (SSSR count). The van der Waals surface area contributed by atoms with E-state index in [9.17, 15) is 14.9 Å². The number of ether oxygens (including phenoxy) is 2. The van der Waals surface area contributed by atoms with Gasteiger partial charge in [0.05, 0.1) is 16.5 Å². The van der Waals surface area contributed by atoms with Crippen LogP contribution >= 0.6 is 15.9 Å². The number of esters is 1. The molecule has 0 spiro atoms. The number of carbonyl (C=O) groups is 1. The molecule has 0 saturated heterocycles. The van der Waals surface area contributed by atoms with Gasteiger partial charge in [0.25, 0.3) is 0 Å². The third-order valence-corrected chi connectivity index (χ3v) is 3.33. The van der Waals surface area contributed by atoms with Gasteiger partial charge < -0.3 is 9.47 Å². The first-order chi connectivity index (χ1) is 8.50. The van der Waals surface area contributed by atoms with Crippen molar-refractivity contribution >= 4 is 27.6 Å². The van der Waals surface area contributed by atoms with Crippen molar-refractivity contribution in [1.29, 1.82) is 0 Å². The van der Waals surface area contributed by atoms with Gasteiger partial charge in [-0.05, 0) is 22.0 Å². The Balaban J connectivity index is 2.35. The third-order valence-electron chi connectivity index (χ3n) is 2.70. The van der Waals surface area contributed by atoms with Gasteiger partial charge >= 0.3 is 11.7 Å². The van der Waals surface area contributed by atoms with E-state index in [2.05, 4.69) is 20.7 Å². The van der Waals surface area contributed by atoms with Crippen LogP contribution < -0.4 is 4.74 Å². The summed E-state index contributed by atoms with van der Waals surface area (Å²) in [5.74, 6) is -0.446. The van der Waals surface area contributed by atoms with Crippen molar-refractivity contribution in [3.63, 3.8) is 0 Å². The van der Waals surface area contributed by atoms with Crippen molar-refractivity contribution in [2.24, 2.45) is 0 Å². The Kier molecular flexibility index (Phi) is 3.25. The first-order valence-corrected chi connectivity index (χ1v) is 6.00. The summed E-state index contributed by atoms with van der Waals surface area (Å²) < 4.78 is 10.6. The number of para-hydroxylation sites is 1. The summed E-state index contributed by atoms with van der Waals surface area (Å²) in [4.78, 5) is 21.9. The lowest BCUT2D eigenvalue weighted by Crippen LogP contribution is -2.31. The van der Waals surface area contributed by atoms with E-state index in [1.807, 2.05) is 0 Å². The quantitative estimate of drug-likeness (QED) is 0.484. The lowest BCUT2D eigenvalue weighted by Gasteiger charge is -2.16. The summed E-state index contributed by atoms with van der Waals surface area (Å²) in [6, 6.07) is 4.48. The predicted octanol–water partition coefficient (Wildman–Crippen LogP) is 2.44. The number of methoxy groups -OCH3 is 1. The summed E-state index contributed by atoms with van der Waals surface area (Å²) in [6.07, 6.45) is 0.996. The summed E-state index contributed by atoms with van der Waals surface area (Å²) in [5.41, 5.74) is -1.25. The lowest BCUT2D eigenvalue weighted by molar-refractivity contribution is -0.386. The van der Waals surface area contributed by atoms with E-state index in [0.29, 0.717) is 17.3 Å². The van der Waals surface area contributed by atoms with Crippen LogP contribution in [0.3, 0.4) is 0 Å². The topological polar surface area (TPSA) is 78.7 Å². The largest absolute Gasteiger partial charge is 0.467 e. The molecule has 0 atom stereocenters. The molecule has 1 fully saturated rings. The Bertz CT molecular complexity index is 512. The van der Waals surface area contributed by atoms with Gasteiger partial charge in [-0.2, -0.15) is 0 Å². The maximum Gasteiger partial charge on any atom is 0.350 e. The molecular weight excluding hydrogens is 306 g/mol. The summed E-state index contributed by atoms with van der Waals surface area (Å²) >= 11 is 3.19. The zero-order valence-corrected chi connectivity index (χ0v) is 11.1. The van der Waals surface area contributed by atoms with Gasteiger partial charge in [0, 0.05) is 18.9 Å². The first kappa shape index (κ1) is 12.8. The van der Waals surface area contributed by atoms with Crippen LogP contribution in [0.4, 0.5) is 5.69 Å². The molecule has 0 heterocycles. The fraction of sp³-hybridized carbons (Fsp3) is 0.364. The molecule has 0 aromatic heterocycles. The number of carbonyl (C=O) groups excluding carboxylic acids is 1. The molecule has 0 unspecified atom stereocenters. The number of hydrogen-bond donors (Lipinski definition) is 0. The maximum absolute atomic E-state index is 11.6. The van der Waals surface area contributed by atoms with Crippen LogP contribution in [-0.2, 0) is 9.53 Å². The van der Waals surface area contributed by atoms with Crippen LogP contribution in [-0.4, -0.2) is 23.6 Å². The maximum atomic E-state index is 11.6. The van der Waals surface area contributed by atoms with Crippen molar-refractivity contribution in [2.75, 3.05) is 7.11 Å².